The van der Waals surface area contributed by atoms with Crippen LogP contribution in [0.4, 0.5) is 5.69 Å². The number of amides is 2. The molecule has 3 aromatic carbocycles. The summed E-state index contributed by atoms with van der Waals surface area (Å²) in [5.41, 5.74) is 1.57. The highest BCUT2D eigenvalue weighted by Gasteiger charge is 2.34. The molecular formula is C30H35Cl2N3O6S. The first-order chi connectivity index (χ1) is 20.0. The molecule has 0 radical (unpaired) electrons. The summed E-state index contributed by atoms with van der Waals surface area (Å²) in [5, 5.41) is 3.52. The summed E-state index contributed by atoms with van der Waals surface area (Å²) >= 11 is 12.4. The lowest BCUT2D eigenvalue weighted by Gasteiger charge is -2.33. The van der Waals surface area contributed by atoms with E-state index in [1.54, 1.807) is 30.3 Å². The summed E-state index contributed by atoms with van der Waals surface area (Å²) in [4.78, 5) is 29.2. The van der Waals surface area contributed by atoms with Crippen molar-refractivity contribution < 1.29 is 27.5 Å². The van der Waals surface area contributed by atoms with Gasteiger partial charge in [0.1, 0.15) is 24.1 Å². The molecule has 0 aromatic heterocycles. The molecule has 226 valence electrons. The van der Waals surface area contributed by atoms with Crippen LogP contribution in [0.2, 0.25) is 10.0 Å². The van der Waals surface area contributed by atoms with E-state index in [4.69, 9.17) is 32.7 Å². The molecule has 0 heterocycles. The number of methoxy groups -OCH3 is 2. The fraction of sp³-hybridized carbons (Fsp3) is 0.333. The van der Waals surface area contributed by atoms with Crippen molar-refractivity contribution in [2.45, 2.75) is 32.4 Å². The van der Waals surface area contributed by atoms with Crippen LogP contribution in [0.1, 0.15) is 24.5 Å². The Labute approximate surface area is 257 Å². The first-order valence-corrected chi connectivity index (χ1v) is 15.8. The molecule has 2 amide bonds. The first-order valence-electron chi connectivity index (χ1n) is 13.2. The molecule has 9 nitrogen and oxygen atoms in total. The predicted molar refractivity (Wildman–Crippen MR) is 166 cm³/mol. The molecule has 0 aliphatic carbocycles. The smallest absolute Gasteiger partial charge is 0.244 e. The highest BCUT2D eigenvalue weighted by molar-refractivity contribution is 7.92. The number of halogens is 2. The minimum atomic E-state index is -4.00. The SMILES string of the molecule is CCCNC(=O)C(Cc1ccccc1)N(Cc1ccc(Cl)c(Cl)c1)C(=O)CN(c1cc(OC)ccc1OC)S(C)(=O)=O. The van der Waals surface area contributed by atoms with Gasteiger partial charge < -0.3 is 19.7 Å². The van der Waals surface area contributed by atoms with Crippen LogP contribution in [0.5, 0.6) is 11.5 Å². The summed E-state index contributed by atoms with van der Waals surface area (Å²) in [6.07, 6.45) is 1.89. The van der Waals surface area contributed by atoms with Crippen LogP contribution in [-0.4, -0.2) is 64.7 Å². The highest BCUT2D eigenvalue weighted by atomic mass is 35.5. The van der Waals surface area contributed by atoms with E-state index in [-0.39, 0.29) is 35.3 Å². The third-order valence-corrected chi connectivity index (χ3v) is 8.36. The molecule has 3 aromatic rings. The van der Waals surface area contributed by atoms with Gasteiger partial charge in [0, 0.05) is 25.6 Å². The van der Waals surface area contributed by atoms with E-state index in [0.29, 0.717) is 29.3 Å². The van der Waals surface area contributed by atoms with Gasteiger partial charge in [-0.15, -0.1) is 0 Å². The van der Waals surface area contributed by atoms with Gasteiger partial charge in [0.25, 0.3) is 0 Å². The number of hydrogen-bond acceptors (Lipinski definition) is 6. The van der Waals surface area contributed by atoms with Crippen LogP contribution >= 0.6 is 23.2 Å². The molecule has 0 fully saturated rings. The van der Waals surface area contributed by atoms with Crippen LogP contribution in [0, 0.1) is 0 Å². The topological polar surface area (TPSA) is 105 Å². The van der Waals surface area contributed by atoms with E-state index < -0.39 is 28.5 Å². The Morgan fingerprint density at radius 2 is 1.64 bits per heavy atom. The van der Waals surface area contributed by atoms with Gasteiger partial charge >= 0.3 is 0 Å². The molecule has 0 saturated heterocycles. The molecule has 42 heavy (non-hydrogen) atoms. The Bertz CT molecular complexity index is 1490. The second-order valence-corrected chi connectivity index (χ2v) is 12.3. The van der Waals surface area contributed by atoms with Crippen LogP contribution in [0.3, 0.4) is 0 Å². The molecule has 12 heteroatoms. The zero-order valence-corrected chi connectivity index (χ0v) is 26.3. The van der Waals surface area contributed by atoms with Gasteiger partial charge in [-0.1, -0.05) is 66.5 Å². The van der Waals surface area contributed by atoms with Crippen molar-refractivity contribution in [2.75, 3.05) is 37.9 Å². The van der Waals surface area contributed by atoms with Crippen molar-refractivity contribution in [1.29, 1.82) is 0 Å². The molecule has 0 aliphatic heterocycles. The average molecular weight is 637 g/mol. The normalized spacial score (nSPS) is 11.9. The minimum Gasteiger partial charge on any atom is -0.497 e. The van der Waals surface area contributed by atoms with Crippen molar-refractivity contribution in [3.63, 3.8) is 0 Å². The molecule has 0 aliphatic rings. The Kier molecular flexibility index (Phi) is 11.9. The van der Waals surface area contributed by atoms with E-state index >= 15 is 0 Å². The van der Waals surface area contributed by atoms with Crippen molar-refractivity contribution in [2.24, 2.45) is 0 Å². The van der Waals surface area contributed by atoms with E-state index in [9.17, 15) is 18.0 Å². The summed E-state index contributed by atoms with van der Waals surface area (Å²) in [5.74, 6) is -0.366. The van der Waals surface area contributed by atoms with Gasteiger partial charge in [-0.2, -0.15) is 0 Å². The fourth-order valence-corrected chi connectivity index (χ4v) is 5.51. The van der Waals surface area contributed by atoms with Gasteiger partial charge in [-0.25, -0.2) is 8.42 Å². The number of rotatable bonds is 14. The monoisotopic (exact) mass is 635 g/mol. The number of hydrogen-bond donors (Lipinski definition) is 1. The maximum Gasteiger partial charge on any atom is 0.244 e. The summed E-state index contributed by atoms with van der Waals surface area (Å²) < 4.78 is 37.8. The second-order valence-electron chi connectivity index (χ2n) is 9.57. The number of sulfonamides is 1. The Morgan fingerprint density at radius 1 is 0.929 bits per heavy atom. The third-order valence-electron chi connectivity index (χ3n) is 6.49. The number of ether oxygens (including phenoxy) is 2. The Balaban J connectivity index is 2.11. The number of nitrogens with one attached hydrogen (secondary N) is 1. The maximum absolute atomic E-state index is 14.2. The van der Waals surface area contributed by atoms with E-state index in [1.165, 1.54) is 25.2 Å². The quantitative estimate of drug-likeness (QED) is 0.269. The van der Waals surface area contributed by atoms with E-state index in [1.807, 2.05) is 37.3 Å². The minimum absolute atomic E-state index is 0.0282. The molecule has 1 unspecified atom stereocenters. The number of carbonyl (C=O) groups excluding carboxylic acids is 2. The van der Waals surface area contributed by atoms with Gasteiger partial charge in [0.15, 0.2) is 0 Å². The Hall–Kier alpha value is -3.47. The van der Waals surface area contributed by atoms with E-state index in [0.717, 1.165) is 16.1 Å². The number of carbonyl (C=O) groups is 2. The Morgan fingerprint density at radius 3 is 2.24 bits per heavy atom. The first kappa shape index (κ1) is 33.0. The third kappa shape index (κ3) is 8.77. The maximum atomic E-state index is 14.2. The number of benzene rings is 3. The van der Waals surface area contributed by atoms with Crippen LogP contribution < -0.4 is 19.1 Å². The lowest BCUT2D eigenvalue weighted by atomic mass is 10.0. The number of nitrogens with zero attached hydrogens (tertiary/aromatic N) is 2. The van der Waals surface area contributed by atoms with Crippen molar-refractivity contribution >= 4 is 50.7 Å². The summed E-state index contributed by atoms with van der Waals surface area (Å²) in [6.45, 7) is 1.71. The largest absolute Gasteiger partial charge is 0.497 e. The highest BCUT2D eigenvalue weighted by Crippen LogP contribution is 2.34. The molecule has 0 bridgehead atoms. The predicted octanol–water partition coefficient (Wildman–Crippen LogP) is 4.94. The summed E-state index contributed by atoms with van der Waals surface area (Å²) in [7, 11) is -1.15. The lowest BCUT2D eigenvalue weighted by molar-refractivity contribution is -0.140. The van der Waals surface area contributed by atoms with Gasteiger partial charge in [0.2, 0.25) is 21.8 Å². The fourth-order valence-electron chi connectivity index (χ4n) is 4.34. The molecular weight excluding hydrogens is 601 g/mol. The van der Waals surface area contributed by atoms with Gasteiger partial charge in [-0.05, 0) is 41.8 Å². The van der Waals surface area contributed by atoms with Crippen LogP contribution in [-0.2, 0) is 32.6 Å². The van der Waals surface area contributed by atoms with Crippen molar-refractivity contribution in [3.05, 3.63) is 87.9 Å². The molecule has 0 saturated carbocycles. The molecule has 3 rings (SSSR count). The second kappa shape index (κ2) is 15.1. The van der Waals surface area contributed by atoms with Crippen molar-refractivity contribution in [3.8, 4) is 11.5 Å². The van der Waals surface area contributed by atoms with Gasteiger partial charge in [0.05, 0.1) is 36.2 Å². The van der Waals surface area contributed by atoms with Crippen LogP contribution in [0.25, 0.3) is 0 Å². The molecule has 1 atom stereocenters. The van der Waals surface area contributed by atoms with Crippen molar-refractivity contribution in [1.82, 2.24) is 10.2 Å². The average Bonchev–Trinajstić information content (AvgIpc) is 2.97. The zero-order chi connectivity index (χ0) is 30.9. The van der Waals surface area contributed by atoms with E-state index in [2.05, 4.69) is 5.32 Å². The molecule has 0 spiro atoms. The zero-order valence-electron chi connectivity index (χ0n) is 24.0. The standard InChI is InChI=1S/C30H35Cl2N3O6S/c1-5-15-33-30(37)27(17-21-9-7-6-8-10-21)34(19-22-11-13-24(31)25(32)16-22)29(36)20-35(42(4,38)39)26-18-23(40-2)12-14-28(26)41-3/h6-14,16,18,27H,5,15,17,19-20H2,1-4H3,(H,33,37). The van der Waals surface area contributed by atoms with Gasteiger partial charge in [-0.3, -0.25) is 13.9 Å². The summed E-state index contributed by atoms with van der Waals surface area (Å²) in [6, 6.07) is 17.9. The molecule has 1 N–H and O–H groups in total. The number of anilines is 1. The van der Waals surface area contributed by atoms with Crippen LogP contribution in [0.15, 0.2) is 66.7 Å². The lowest BCUT2D eigenvalue weighted by Crippen LogP contribution is -2.53.